The second-order valence-electron chi connectivity index (χ2n) is 16.7. The first kappa shape index (κ1) is 56.0. The number of carbonyl (C=O) groups is 3. The molecule has 0 bridgehead atoms. The summed E-state index contributed by atoms with van der Waals surface area (Å²) in [5.41, 5.74) is 0. The first-order chi connectivity index (χ1) is 28.6. The number of likely N-dealkylation sites (N-methyl/N-ethyl adjacent to an activating group) is 1. The van der Waals surface area contributed by atoms with Crippen LogP contribution in [0.2, 0.25) is 0 Å². The van der Waals surface area contributed by atoms with E-state index in [9.17, 15) is 19.5 Å². The highest BCUT2D eigenvalue weighted by molar-refractivity contribution is 5.71. The summed E-state index contributed by atoms with van der Waals surface area (Å²) in [6.45, 7) is 4.75. The molecule has 0 saturated heterocycles. The van der Waals surface area contributed by atoms with Gasteiger partial charge in [0, 0.05) is 12.8 Å². The predicted octanol–water partition coefficient (Wildman–Crippen LogP) is 12.6. The summed E-state index contributed by atoms with van der Waals surface area (Å²) < 4.78 is 22.7. The van der Waals surface area contributed by atoms with Crippen LogP contribution in [0.15, 0.2) is 60.8 Å². The quantitative estimate of drug-likeness (QED) is 0.0213. The van der Waals surface area contributed by atoms with Crippen molar-refractivity contribution in [1.29, 1.82) is 0 Å². The molecular formula is C50H88NO8+. The number of carbonyl (C=O) groups excluding carboxylic acids is 2. The molecule has 0 spiro atoms. The summed E-state index contributed by atoms with van der Waals surface area (Å²) in [5.74, 6) is -2.05. The van der Waals surface area contributed by atoms with Crippen molar-refractivity contribution >= 4 is 17.9 Å². The van der Waals surface area contributed by atoms with E-state index < -0.39 is 24.3 Å². The van der Waals surface area contributed by atoms with Crippen molar-refractivity contribution in [2.75, 3.05) is 47.5 Å². The molecule has 0 aromatic rings. The monoisotopic (exact) mass is 831 g/mol. The summed E-state index contributed by atoms with van der Waals surface area (Å²) in [5, 5.41) is 9.64. The predicted molar refractivity (Wildman–Crippen MR) is 244 cm³/mol. The van der Waals surface area contributed by atoms with Crippen molar-refractivity contribution in [2.45, 2.75) is 193 Å². The van der Waals surface area contributed by atoms with Crippen LogP contribution in [-0.4, -0.2) is 87.4 Å². The lowest BCUT2D eigenvalue weighted by molar-refractivity contribution is -0.870. The van der Waals surface area contributed by atoms with Gasteiger partial charge in [-0.25, -0.2) is 4.79 Å². The highest BCUT2D eigenvalue weighted by Crippen LogP contribution is 2.13. The van der Waals surface area contributed by atoms with E-state index in [1.807, 2.05) is 21.1 Å². The van der Waals surface area contributed by atoms with Crippen molar-refractivity contribution < 1.29 is 42.9 Å². The zero-order valence-corrected chi connectivity index (χ0v) is 38.4. The molecule has 0 heterocycles. The summed E-state index contributed by atoms with van der Waals surface area (Å²) in [6.07, 6.45) is 47.1. The van der Waals surface area contributed by atoms with Gasteiger partial charge in [0.25, 0.3) is 6.29 Å². The van der Waals surface area contributed by atoms with Crippen molar-refractivity contribution in [1.82, 2.24) is 0 Å². The first-order valence-electron chi connectivity index (χ1n) is 23.5. The Balaban J connectivity index is 4.44. The number of quaternary nitrogens is 1. The van der Waals surface area contributed by atoms with Crippen molar-refractivity contribution in [3.63, 3.8) is 0 Å². The molecule has 340 valence electrons. The van der Waals surface area contributed by atoms with Gasteiger partial charge in [0.15, 0.2) is 6.10 Å². The third-order valence-corrected chi connectivity index (χ3v) is 9.73. The summed E-state index contributed by atoms with van der Waals surface area (Å²) in [7, 11) is 5.94. The Hall–Kier alpha value is -3.01. The largest absolute Gasteiger partial charge is 0.477 e. The van der Waals surface area contributed by atoms with Gasteiger partial charge in [-0.1, -0.05) is 152 Å². The van der Waals surface area contributed by atoms with Crippen LogP contribution in [0, 0.1) is 0 Å². The zero-order chi connectivity index (χ0) is 43.5. The minimum atomic E-state index is -1.52. The van der Waals surface area contributed by atoms with Crippen LogP contribution >= 0.6 is 0 Å². The number of unbranched alkanes of at least 4 members (excludes halogenated alkanes) is 17. The third-order valence-electron chi connectivity index (χ3n) is 9.73. The van der Waals surface area contributed by atoms with Crippen LogP contribution in [0.3, 0.4) is 0 Å². The number of carboxylic acid groups (broad SMARTS) is 1. The molecular weight excluding hydrogens is 743 g/mol. The second kappa shape index (κ2) is 41.7. The van der Waals surface area contributed by atoms with Crippen LogP contribution in [-0.2, 0) is 33.3 Å². The maximum atomic E-state index is 12.8. The Labute approximate surface area is 361 Å². The van der Waals surface area contributed by atoms with Gasteiger partial charge in [-0.2, -0.15) is 0 Å². The number of nitrogens with zero attached hydrogens (tertiary/aromatic N) is 1. The molecule has 2 unspecified atom stereocenters. The van der Waals surface area contributed by atoms with Crippen LogP contribution in [0.25, 0.3) is 0 Å². The Kier molecular flexibility index (Phi) is 39.6. The van der Waals surface area contributed by atoms with Crippen LogP contribution in [0.5, 0.6) is 0 Å². The minimum Gasteiger partial charge on any atom is -0.477 e. The third kappa shape index (κ3) is 42.9. The minimum absolute atomic E-state index is 0.180. The molecule has 9 nitrogen and oxygen atoms in total. The van der Waals surface area contributed by atoms with E-state index in [0.717, 1.165) is 103 Å². The van der Waals surface area contributed by atoms with Gasteiger partial charge in [-0.05, 0) is 77.0 Å². The second-order valence-corrected chi connectivity index (χ2v) is 16.7. The fourth-order valence-electron chi connectivity index (χ4n) is 6.06. The summed E-state index contributed by atoms with van der Waals surface area (Å²) >= 11 is 0. The summed E-state index contributed by atoms with van der Waals surface area (Å²) in [4.78, 5) is 37.1. The Bertz CT molecular complexity index is 1150. The van der Waals surface area contributed by atoms with Crippen molar-refractivity contribution in [3.8, 4) is 0 Å². The lowest BCUT2D eigenvalue weighted by atomic mass is 10.1. The van der Waals surface area contributed by atoms with E-state index in [0.29, 0.717) is 17.4 Å². The molecule has 0 fully saturated rings. The molecule has 0 aliphatic rings. The molecule has 0 aliphatic heterocycles. The number of carboxylic acids is 1. The molecule has 59 heavy (non-hydrogen) atoms. The smallest absolute Gasteiger partial charge is 0.361 e. The number of aliphatic carboxylic acids is 1. The van der Waals surface area contributed by atoms with Gasteiger partial charge in [-0.15, -0.1) is 0 Å². The first-order valence-corrected chi connectivity index (χ1v) is 23.5. The highest BCUT2D eigenvalue weighted by Gasteiger charge is 2.25. The normalized spacial score (nSPS) is 13.4. The Morgan fingerprint density at radius 1 is 0.508 bits per heavy atom. The SMILES string of the molecule is CCC/C=C\C/C=C\CCCCCCCC(=O)OCC(COC(OCC[N+](C)(C)C)C(=O)O)OC(=O)CCCCCCCC/C=C\C/C=C\C/C=C\CCCCCCC. The van der Waals surface area contributed by atoms with Gasteiger partial charge in [0.05, 0.1) is 34.4 Å². The summed E-state index contributed by atoms with van der Waals surface area (Å²) in [6, 6.07) is 0. The molecule has 0 aromatic heterocycles. The highest BCUT2D eigenvalue weighted by atomic mass is 16.7. The number of allylic oxidation sites excluding steroid dienone is 10. The average molecular weight is 831 g/mol. The van der Waals surface area contributed by atoms with E-state index >= 15 is 0 Å². The molecule has 0 radical (unpaired) electrons. The van der Waals surface area contributed by atoms with E-state index in [4.69, 9.17) is 18.9 Å². The zero-order valence-electron chi connectivity index (χ0n) is 38.4. The molecule has 0 amide bonds. The molecule has 2 atom stereocenters. The molecule has 0 aromatic carbocycles. The van der Waals surface area contributed by atoms with Crippen LogP contribution in [0.1, 0.15) is 181 Å². The van der Waals surface area contributed by atoms with Crippen molar-refractivity contribution in [3.05, 3.63) is 60.8 Å². The maximum absolute atomic E-state index is 12.8. The number of ether oxygens (including phenoxy) is 4. The van der Waals surface area contributed by atoms with E-state index in [1.165, 1.54) is 44.9 Å². The Morgan fingerprint density at radius 2 is 0.949 bits per heavy atom. The molecule has 1 N–H and O–H groups in total. The van der Waals surface area contributed by atoms with E-state index in [-0.39, 0.29) is 38.6 Å². The van der Waals surface area contributed by atoms with Gasteiger partial charge < -0.3 is 28.5 Å². The van der Waals surface area contributed by atoms with Crippen LogP contribution < -0.4 is 0 Å². The van der Waals surface area contributed by atoms with E-state index in [2.05, 4.69) is 74.6 Å². The lowest BCUT2D eigenvalue weighted by Crippen LogP contribution is -2.40. The number of rotatable bonds is 42. The van der Waals surface area contributed by atoms with Crippen molar-refractivity contribution in [2.24, 2.45) is 0 Å². The van der Waals surface area contributed by atoms with Crippen LogP contribution in [0.4, 0.5) is 0 Å². The number of hydrogen-bond donors (Lipinski definition) is 1. The fraction of sp³-hybridized carbons (Fsp3) is 0.740. The van der Waals surface area contributed by atoms with Gasteiger partial charge in [0.1, 0.15) is 13.2 Å². The Morgan fingerprint density at radius 3 is 1.42 bits per heavy atom. The van der Waals surface area contributed by atoms with E-state index in [1.54, 1.807) is 0 Å². The topological polar surface area (TPSA) is 108 Å². The fourth-order valence-corrected chi connectivity index (χ4v) is 6.06. The molecule has 0 saturated carbocycles. The van der Waals surface area contributed by atoms with Gasteiger partial charge in [-0.3, -0.25) is 9.59 Å². The molecule has 0 aliphatic carbocycles. The average Bonchev–Trinajstić information content (AvgIpc) is 3.19. The van der Waals surface area contributed by atoms with Gasteiger partial charge >= 0.3 is 17.9 Å². The maximum Gasteiger partial charge on any atom is 0.361 e. The number of esters is 2. The lowest BCUT2D eigenvalue weighted by Gasteiger charge is -2.25. The molecule has 0 rings (SSSR count). The molecule has 9 heteroatoms. The standard InChI is InChI=1S/C50H87NO8/c1-6-8-10-12-14-16-18-20-21-22-23-24-25-26-27-29-31-33-35-37-39-41-48(53)59-46(45-58-50(49(54)55)56-43-42-51(3,4)5)44-57-47(52)40-38-36-34-32-30-28-19-17-15-13-11-9-7-2/h11,13,17-20,22-23,25-26,46,50H,6-10,12,14-16,21,24,27-45H2,1-5H3/p+1/b13-11-,19-17-,20-18-,23-22-,26-25-. The number of hydrogen-bond acceptors (Lipinski definition) is 7. The van der Waals surface area contributed by atoms with Gasteiger partial charge in [0.2, 0.25) is 0 Å².